The molecular weight excluding hydrogens is 837 g/mol. The van der Waals surface area contributed by atoms with Crippen LogP contribution in [0.4, 0.5) is 0 Å². The Morgan fingerprint density at radius 2 is 1.44 bits per heavy atom. The van der Waals surface area contributed by atoms with Gasteiger partial charge in [-0.2, -0.15) is 0 Å². The summed E-state index contributed by atoms with van der Waals surface area (Å²) in [5.74, 6) is -0.534. The zero-order chi connectivity index (χ0) is 46.7. The zero-order valence-corrected chi connectivity index (χ0v) is 38.5. The second-order valence-corrected chi connectivity index (χ2v) is 23.0. The normalized spacial score (nSPS) is 54.8. The molecule has 22 atom stereocenters. The monoisotopic (exact) mass is 913 g/mol. The van der Waals surface area contributed by atoms with Gasteiger partial charge in [-0.05, 0) is 111 Å². The standard InChI is InChI=1S/C47H76O17/c1-23-30(51)32(53)33(54)37(60-23)64-35-34(63-39-36(55)47(58,21-50)22-59-39)31(52)26(19-48)61-38(35)62-29-11-12-42(4)27(43(29,5)20-49)10-13-45(7)28(42)9-8-24-25-18-41(2,3)14-16-46(25,40(56)57)17-15-44(24,45)6/h8,23,25-39,48-55,58H,9-22H2,1-7H3,(H,56,57). The number of carbonyl (C=O) groups is 1. The molecule has 0 amide bonds. The largest absolute Gasteiger partial charge is 0.481 e. The van der Waals surface area contributed by atoms with Crippen LogP contribution in [0.2, 0.25) is 0 Å². The number of allylic oxidation sites excluding steroid dienone is 2. The molecule has 17 nitrogen and oxygen atoms in total. The van der Waals surface area contributed by atoms with Crippen molar-refractivity contribution in [2.75, 3.05) is 26.4 Å². The minimum Gasteiger partial charge on any atom is -0.481 e. The van der Waals surface area contributed by atoms with Crippen molar-refractivity contribution >= 4 is 5.97 Å². The highest BCUT2D eigenvalue weighted by atomic mass is 16.8. The molecule has 3 aliphatic heterocycles. The van der Waals surface area contributed by atoms with Crippen molar-refractivity contribution in [1.29, 1.82) is 0 Å². The SMILES string of the molecule is CC1OC(OC2C(OC3CCC4(C)C(CCC5(C)C4CC=C4C6CC(C)(C)CCC6(C(=O)O)CCC45C)C3(C)CO)OC(CO)C(O)C2OC2OCC(O)(CO)C2O)C(O)C(O)C1O. The second kappa shape index (κ2) is 16.9. The average Bonchev–Trinajstić information content (AvgIpc) is 3.53. The third-order valence-corrected chi connectivity index (χ3v) is 19.2. The summed E-state index contributed by atoms with van der Waals surface area (Å²) >= 11 is 0. The molecule has 0 aromatic heterocycles. The first-order valence-corrected chi connectivity index (χ1v) is 23.7. The van der Waals surface area contributed by atoms with Gasteiger partial charge in [-0.3, -0.25) is 4.79 Å². The van der Waals surface area contributed by atoms with Crippen LogP contribution in [-0.2, 0) is 33.2 Å². The van der Waals surface area contributed by atoms with E-state index in [1.807, 2.05) is 6.92 Å². The van der Waals surface area contributed by atoms with Gasteiger partial charge in [0.2, 0.25) is 0 Å². The lowest BCUT2D eigenvalue weighted by Gasteiger charge is -2.71. The van der Waals surface area contributed by atoms with Crippen LogP contribution >= 0.6 is 0 Å². The van der Waals surface area contributed by atoms with E-state index in [2.05, 4.69) is 40.7 Å². The number of hydrogen-bond donors (Lipinski definition) is 10. The average molecular weight is 913 g/mol. The number of aliphatic hydroxyl groups excluding tert-OH is 8. The van der Waals surface area contributed by atoms with E-state index in [4.69, 9.17) is 28.4 Å². The highest BCUT2D eigenvalue weighted by Crippen LogP contribution is 2.76. The molecule has 0 bridgehead atoms. The molecular formula is C47H76O17. The Bertz CT molecular complexity index is 1760. The van der Waals surface area contributed by atoms with E-state index in [1.54, 1.807) is 0 Å². The molecule has 10 N–H and O–H groups in total. The fourth-order valence-corrected chi connectivity index (χ4v) is 14.8. The van der Waals surface area contributed by atoms with Gasteiger partial charge in [0.15, 0.2) is 18.9 Å². The minimum atomic E-state index is -2.09. The molecule has 0 aromatic carbocycles. The lowest BCUT2D eigenvalue weighted by Crippen LogP contribution is -2.68. The molecule has 0 aromatic rings. The molecule has 3 saturated heterocycles. The number of fused-ring (bicyclic) bond motifs is 7. The molecule has 3 heterocycles. The number of aliphatic hydroxyl groups is 9. The molecule has 8 aliphatic rings. The third-order valence-electron chi connectivity index (χ3n) is 19.2. The summed E-state index contributed by atoms with van der Waals surface area (Å²) in [7, 11) is 0. The van der Waals surface area contributed by atoms with Gasteiger partial charge in [-0.1, -0.05) is 53.2 Å². The van der Waals surface area contributed by atoms with Crippen molar-refractivity contribution < 1.29 is 84.3 Å². The molecule has 22 unspecified atom stereocenters. The minimum absolute atomic E-state index is 0.0246. The molecule has 8 rings (SSSR count). The topological polar surface area (TPSA) is 275 Å². The van der Waals surface area contributed by atoms with Crippen LogP contribution in [0, 0.1) is 50.2 Å². The van der Waals surface area contributed by atoms with Gasteiger partial charge >= 0.3 is 5.97 Å². The summed E-state index contributed by atoms with van der Waals surface area (Å²) in [6.45, 7) is 12.8. The quantitative estimate of drug-likeness (QED) is 0.109. The number of carboxylic acids is 1. The van der Waals surface area contributed by atoms with Crippen LogP contribution in [0.1, 0.15) is 113 Å². The van der Waals surface area contributed by atoms with Crippen molar-refractivity contribution in [2.45, 2.75) is 198 Å². The Morgan fingerprint density at radius 1 is 0.750 bits per heavy atom. The van der Waals surface area contributed by atoms with Gasteiger partial charge in [-0.25, -0.2) is 0 Å². The second-order valence-electron chi connectivity index (χ2n) is 23.0. The van der Waals surface area contributed by atoms with E-state index in [9.17, 15) is 55.9 Å². The Hall–Kier alpha value is -1.39. The van der Waals surface area contributed by atoms with Crippen LogP contribution < -0.4 is 0 Å². The van der Waals surface area contributed by atoms with Gasteiger partial charge in [0.1, 0.15) is 54.4 Å². The molecule has 0 spiro atoms. The van der Waals surface area contributed by atoms with E-state index in [-0.39, 0.29) is 46.0 Å². The summed E-state index contributed by atoms with van der Waals surface area (Å²) in [5.41, 5.74) is -2.97. The van der Waals surface area contributed by atoms with Gasteiger partial charge in [0.05, 0.1) is 44.1 Å². The van der Waals surface area contributed by atoms with Gasteiger partial charge < -0.3 is 79.5 Å². The maximum atomic E-state index is 13.2. The Labute approximate surface area is 376 Å². The van der Waals surface area contributed by atoms with Crippen LogP contribution in [0.3, 0.4) is 0 Å². The number of aliphatic carboxylic acids is 1. The highest BCUT2D eigenvalue weighted by molar-refractivity contribution is 5.76. The first-order chi connectivity index (χ1) is 29.9. The van der Waals surface area contributed by atoms with Crippen molar-refractivity contribution in [3.63, 3.8) is 0 Å². The van der Waals surface area contributed by atoms with Gasteiger partial charge in [0, 0.05) is 5.41 Å². The summed E-state index contributed by atoms with van der Waals surface area (Å²) < 4.78 is 37.0. The molecule has 7 fully saturated rings. The van der Waals surface area contributed by atoms with E-state index in [1.165, 1.54) is 12.5 Å². The van der Waals surface area contributed by atoms with Crippen LogP contribution in [0.15, 0.2) is 11.6 Å². The van der Waals surface area contributed by atoms with Crippen LogP contribution in [0.5, 0.6) is 0 Å². The summed E-state index contributed by atoms with van der Waals surface area (Å²) in [6.07, 6.45) is -9.36. The number of rotatable bonds is 10. The highest BCUT2D eigenvalue weighted by Gasteiger charge is 2.70. The Morgan fingerprint density at radius 3 is 2.08 bits per heavy atom. The fraction of sp³-hybridized carbons (Fsp3) is 0.936. The lowest BCUT2D eigenvalue weighted by molar-refractivity contribution is -0.389. The van der Waals surface area contributed by atoms with Crippen molar-refractivity contribution in [2.24, 2.45) is 50.2 Å². The van der Waals surface area contributed by atoms with Crippen molar-refractivity contribution in [3.05, 3.63) is 11.6 Å². The summed E-state index contributed by atoms with van der Waals surface area (Å²) in [4.78, 5) is 13.2. The maximum Gasteiger partial charge on any atom is 0.310 e. The molecule has 366 valence electrons. The third kappa shape index (κ3) is 7.31. The molecule has 64 heavy (non-hydrogen) atoms. The summed E-state index contributed by atoms with van der Waals surface area (Å²) in [6, 6.07) is 0. The predicted octanol–water partition coefficient (Wildman–Crippen LogP) is 1.35. The fourth-order valence-electron chi connectivity index (χ4n) is 14.8. The smallest absolute Gasteiger partial charge is 0.310 e. The number of hydrogen-bond acceptors (Lipinski definition) is 16. The first-order valence-electron chi connectivity index (χ1n) is 23.7. The Kier molecular flexibility index (Phi) is 13.0. The zero-order valence-electron chi connectivity index (χ0n) is 38.5. The van der Waals surface area contributed by atoms with E-state index in [0.29, 0.717) is 25.7 Å². The first kappa shape index (κ1) is 49.0. The van der Waals surface area contributed by atoms with E-state index >= 15 is 0 Å². The Balaban J connectivity index is 1.10. The van der Waals surface area contributed by atoms with Crippen LogP contribution in [0.25, 0.3) is 0 Å². The van der Waals surface area contributed by atoms with E-state index in [0.717, 1.165) is 38.5 Å². The van der Waals surface area contributed by atoms with Gasteiger partial charge in [-0.15, -0.1) is 0 Å². The van der Waals surface area contributed by atoms with Crippen molar-refractivity contribution in [1.82, 2.24) is 0 Å². The molecule has 5 aliphatic carbocycles. The van der Waals surface area contributed by atoms with Crippen molar-refractivity contribution in [3.8, 4) is 0 Å². The maximum absolute atomic E-state index is 13.2. The predicted molar refractivity (Wildman–Crippen MR) is 225 cm³/mol. The van der Waals surface area contributed by atoms with Gasteiger partial charge in [0.25, 0.3) is 0 Å². The number of carboxylic acid groups (broad SMARTS) is 1. The van der Waals surface area contributed by atoms with E-state index < -0.39 is 122 Å². The van der Waals surface area contributed by atoms with Crippen LogP contribution in [-0.4, -0.2) is 169 Å². The molecule has 17 heteroatoms. The summed E-state index contributed by atoms with van der Waals surface area (Å²) in [5, 5.41) is 108. The number of ether oxygens (including phenoxy) is 6. The molecule has 0 radical (unpaired) electrons. The molecule has 4 saturated carbocycles. The lowest BCUT2D eigenvalue weighted by atomic mass is 9.33.